The molecule has 1 aliphatic rings. The largest absolute Gasteiger partial charge is 0.462 e. The number of ether oxygens (including phenoxy) is 1. The van der Waals surface area contributed by atoms with E-state index in [1.54, 1.807) is 0 Å². The number of carbonyl (C=O) groups is 1. The van der Waals surface area contributed by atoms with E-state index >= 15 is 0 Å². The Labute approximate surface area is 104 Å². The van der Waals surface area contributed by atoms with E-state index in [9.17, 15) is 4.79 Å². The number of hydrogen-bond donors (Lipinski definition) is 1. The van der Waals surface area contributed by atoms with E-state index in [0.29, 0.717) is 6.47 Å². The van der Waals surface area contributed by atoms with Gasteiger partial charge >= 0.3 is 0 Å². The number of rotatable bonds is 2. The third kappa shape index (κ3) is 4.89. The molecule has 0 saturated heterocycles. The van der Waals surface area contributed by atoms with Gasteiger partial charge in [-0.2, -0.15) is 0 Å². The van der Waals surface area contributed by atoms with Crippen LogP contribution in [0.4, 0.5) is 5.69 Å². The van der Waals surface area contributed by atoms with Crippen LogP contribution in [-0.4, -0.2) is 12.1 Å². The first-order valence-electron chi connectivity index (χ1n) is 5.99. The number of hydrogen-bond acceptors (Lipinski definition) is 3. The van der Waals surface area contributed by atoms with Crippen LogP contribution in [0.1, 0.15) is 39.6 Å². The molecular formula is C14H23NO2. The van der Waals surface area contributed by atoms with Crippen molar-refractivity contribution in [1.29, 1.82) is 0 Å². The van der Waals surface area contributed by atoms with Gasteiger partial charge in [-0.1, -0.05) is 17.7 Å². The van der Waals surface area contributed by atoms with Crippen LogP contribution in [0.3, 0.4) is 0 Å². The summed E-state index contributed by atoms with van der Waals surface area (Å²) in [6.45, 7) is 4.60. The Morgan fingerprint density at radius 2 is 1.82 bits per heavy atom. The van der Waals surface area contributed by atoms with Crippen molar-refractivity contribution in [3.8, 4) is 0 Å². The number of nitrogens with two attached hydrogens (primary N) is 1. The lowest BCUT2D eigenvalue weighted by Gasteiger charge is -2.20. The van der Waals surface area contributed by atoms with Crippen LogP contribution in [0.2, 0.25) is 0 Å². The fourth-order valence-electron chi connectivity index (χ4n) is 1.92. The van der Waals surface area contributed by atoms with E-state index in [0.717, 1.165) is 18.5 Å². The van der Waals surface area contributed by atoms with Gasteiger partial charge in [0.1, 0.15) is 5.60 Å². The molecule has 0 aliphatic heterocycles. The first kappa shape index (κ1) is 13.6. The molecule has 3 nitrogen and oxygen atoms in total. The molecule has 96 valence electrons. The Bertz CT molecular complexity index is 324. The Balaban J connectivity index is 0.000000306. The molecule has 1 saturated carbocycles. The lowest BCUT2D eigenvalue weighted by Crippen LogP contribution is -2.23. The minimum absolute atomic E-state index is 0. The maximum Gasteiger partial charge on any atom is 0.293 e. The van der Waals surface area contributed by atoms with E-state index in [1.165, 1.54) is 18.4 Å². The van der Waals surface area contributed by atoms with Gasteiger partial charge in [0.2, 0.25) is 0 Å². The highest BCUT2D eigenvalue weighted by atomic mass is 16.5. The zero-order valence-electron chi connectivity index (χ0n) is 10.6. The summed E-state index contributed by atoms with van der Waals surface area (Å²) < 4.78 is 4.91. The summed E-state index contributed by atoms with van der Waals surface area (Å²) in [5.41, 5.74) is 7.38. The fourth-order valence-corrected chi connectivity index (χ4v) is 1.92. The molecule has 0 bridgehead atoms. The zero-order valence-corrected chi connectivity index (χ0v) is 10.6. The second-order valence-corrected chi connectivity index (χ2v) is 4.78. The predicted molar refractivity (Wildman–Crippen MR) is 71.7 cm³/mol. The summed E-state index contributed by atoms with van der Waals surface area (Å²) in [6, 6.07) is 7.79. The molecule has 2 N–H and O–H groups in total. The number of carbonyl (C=O) groups excluding carboxylic acids is 1. The molecule has 0 atom stereocenters. The Hall–Kier alpha value is -1.51. The number of aryl methyl sites for hydroxylation is 1. The van der Waals surface area contributed by atoms with Crippen molar-refractivity contribution in [2.45, 2.75) is 45.1 Å². The smallest absolute Gasteiger partial charge is 0.293 e. The van der Waals surface area contributed by atoms with Crippen molar-refractivity contribution in [1.82, 2.24) is 0 Å². The first-order chi connectivity index (χ1) is 8.06. The van der Waals surface area contributed by atoms with Crippen LogP contribution in [0.15, 0.2) is 24.3 Å². The van der Waals surface area contributed by atoms with Gasteiger partial charge in [0, 0.05) is 7.11 Å². The molecule has 1 fully saturated rings. The monoisotopic (exact) mass is 237 g/mol. The minimum Gasteiger partial charge on any atom is -0.462 e. The van der Waals surface area contributed by atoms with Gasteiger partial charge in [0.25, 0.3) is 6.47 Å². The van der Waals surface area contributed by atoms with Crippen LogP contribution < -0.4 is 5.73 Å². The second-order valence-electron chi connectivity index (χ2n) is 4.78. The molecule has 1 aromatic rings. The summed E-state index contributed by atoms with van der Waals surface area (Å²) in [4.78, 5) is 9.94. The van der Waals surface area contributed by atoms with Crippen molar-refractivity contribution in [3.05, 3.63) is 29.8 Å². The van der Waals surface area contributed by atoms with Crippen molar-refractivity contribution in [3.63, 3.8) is 0 Å². The average molecular weight is 237 g/mol. The van der Waals surface area contributed by atoms with E-state index in [-0.39, 0.29) is 7.03 Å². The third-order valence-corrected chi connectivity index (χ3v) is 3.07. The molecule has 0 unspecified atom stereocenters. The molecule has 0 heterocycles. The predicted octanol–water partition coefficient (Wildman–Crippen LogP) is 3.32. The average Bonchev–Trinajstić information content (AvgIpc) is 2.71. The van der Waals surface area contributed by atoms with Gasteiger partial charge in [0.05, 0.1) is 0 Å². The summed E-state index contributed by atoms with van der Waals surface area (Å²) in [7, 11) is 0. The van der Waals surface area contributed by atoms with Crippen LogP contribution in [0.25, 0.3) is 0 Å². The van der Waals surface area contributed by atoms with E-state index in [4.69, 9.17) is 10.5 Å². The molecule has 0 aromatic heterocycles. The first-order valence-corrected chi connectivity index (χ1v) is 5.99. The van der Waals surface area contributed by atoms with E-state index in [1.807, 2.05) is 38.1 Å². The molecule has 2 rings (SSSR count). The van der Waals surface area contributed by atoms with Gasteiger partial charge < -0.3 is 10.5 Å². The molecule has 3 heteroatoms. The Kier molecular flexibility index (Phi) is 5.01. The summed E-state index contributed by atoms with van der Waals surface area (Å²) in [6.07, 6.45) is 4.46. The molecular weight excluding hydrogens is 214 g/mol. The highest BCUT2D eigenvalue weighted by Gasteiger charge is 2.29. The van der Waals surface area contributed by atoms with Crippen LogP contribution in [-0.2, 0) is 9.53 Å². The number of anilines is 1. The number of benzene rings is 1. The van der Waals surface area contributed by atoms with Crippen molar-refractivity contribution >= 4 is 12.2 Å². The van der Waals surface area contributed by atoms with Crippen LogP contribution in [0.5, 0.6) is 0 Å². The molecule has 0 spiro atoms. The van der Waals surface area contributed by atoms with Gasteiger partial charge in [-0.25, -0.2) is 0 Å². The fraction of sp³-hybridized carbons (Fsp3) is 0.500. The van der Waals surface area contributed by atoms with Gasteiger partial charge in [-0.3, -0.25) is 4.79 Å². The highest BCUT2D eigenvalue weighted by molar-refractivity contribution is 5.39. The summed E-state index contributed by atoms with van der Waals surface area (Å²) in [5, 5.41) is 0. The van der Waals surface area contributed by atoms with Gasteiger partial charge in [-0.05, 0) is 51.7 Å². The lowest BCUT2D eigenvalue weighted by molar-refractivity contribution is -0.141. The SMILES string of the molecule is CC1(OC=O)CCCC1.Cc1ccc(N)cc1.[HH]. The molecule has 1 aromatic carbocycles. The maximum absolute atomic E-state index is 9.94. The Morgan fingerprint density at radius 1 is 1.29 bits per heavy atom. The molecule has 0 radical (unpaired) electrons. The van der Waals surface area contributed by atoms with Gasteiger partial charge in [-0.15, -0.1) is 0 Å². The topological polar surface area (TPSA) is 52.3 Å². The minimum atomic E-state index is -0.123. The second kappa shape index (κ2) is 6.28. The standard InChI is InChI=1S/C7H9N.C7H12O2.H2/c1-6-2-4-7(8)5-3-6;1-7(9-6-8)4-2-3-5-7;/h2-5H,8H2,1H3;6H,2-5H2,1H3;1H. The molecule has 0 amide bonds. The summed E-state index contributed by atoms with van der Waals surface area (Å²) in [5.74, 6) is 0. The maximum atomic E-state index is 9.94. The quantitative estimate of drug-likeness (QED) is 0.634. The van der Waals surface area contributed by atoms with Crippen LogP contribution in [0, 0.1) is 6.92 Å². The highest BCUT2D eigenvalue weighted by Crippen LogP contribution is 2.31. The van der Waals surface area contributed by atoms with Gasteiger partial charge in [0.15, 0.2) is 0 Å². The number of nitrogen functional groups attached to an aromatic ring is 1. The molecule has 17 heavy (non-hydrogen) atoms. The normalized spacial score (nSPS) is 16.8. The zero-order chi connectivity index (χ0) is 12.7. The lowest BCUT2D eigenvalue weighted by atomic mass is 10.1. The van der Waals surface area contributed by atoms with E-state index in [2.05, 4.69) is 0 Å². The van der Waals surface area contributed by atoms with Crippen molar-refractivity contribution in [2.75, 3.05) is 5.73 Å². The summed E-state index contributed by atoms with van der Waals surface area (Å²) >= 11 is 0. The third-order valence-electron chi connectivity index (χ3n) is 3.07. The Morgan fingerprint density at radius 3 is 2.24 bits per heavy atom. The van der Waals surface area contributed by atoms with E-state index < -0.39 is 0 Å². The van der Waals surface area contributed by atoms with Crippen LogP contribution >= 0.6 is 0 Å². The van der Waals surface area contributed by atoms with Crippen molar-refractivity contribution in [2.24, 2.45) is 0 Å². The van der Waals surface area contributed by atoms with Crippen molar-refractivity contribution < 1.29 is 11.0 Å². The molecule has 1 aliphatic carbocycles.